The van der Waals surface area contributed by atoms with Crippen molar-refractivity contribution in [2.75, 3.05) is 24.2 Å². The van der Waals surface area contributed by atoms with E-state index in [-0.39, 0.29) is 5.69 Å². The zero-order valence-electron chi connectivity index (χ0n) is 9.59. The van der Waals surface area contributed by atoms with Crippen molar-refractivity contribution in [3.8, 4) is 0 Å². The molecule has 0 radical (unpaired) electrons. The molecule has 0 bridgehead atoms. The molecule has 0 aromatic heterocycles. The van der Waals surface area contributed by atoms with Gasteiger partial charge in [-0.25, -0.2) is 0 Å². The van der Waals surface area contributed by atoms with Gasteiger partial charge < -0.3 is 4.90 Å². The highest BCUT2D eigenvalue weighted by Crippen LogP contribution is 2.29. The number of benzene rings is 1. The molecule has 1 atom stereocenters. The maximum atomic E-state index is 11.3. The van der Waals surface area contributed by atoms with Gasteiger partial charge in [0.1, 0.15) is 0 Å². The molecular weight excluding hydrogens is 240 g/mol. The predicted molar refractivity (Wildman–Crippen MR) is 67.7 cm³/mol. The van der Waals surface area contributed by atoms with Crippen molar-refractivity contribution in [1.82, 2.24) is 0 Å². The van der Waals surface area contributed by atoms with Crippen LogP contribution in [-0.4, -0.2) is 28.5 Å². The third-order valence-corrected chi connectivity index (χ3v) is 3.55. The summed E-state index contributed by atoms with van der Waals surface area (Å²) in [7, 11) is -0.992. The molecular formula is C11H14N2O3S. The van der Waals surface area contributed by atoms with Gasteiger partial charge in [-0.05, 0) is 18.1 Å². The normalized spacial score (nSPS) is 16.4. The Labute approximate surface area is 102 Å². The van der Waals surface area contributed by atoms with Gasteiger partial charge in [-0.1, -0.05) is 0 Å². The van der Waals surface area contributed by atoms with Crippen LogP contribution >= 0.6 is 0 Å². The minimum atomic E-state index is -0.992. The van der Waals surface area contributed by atoms with Crippen LogP contribution in [0, 0.1) is 10.1 Å². The number of hydrogen-bond donors (Lipinski definition) is 0. The molecule has 1 saturated heterocycles. The van der Waals surface area contributed by atoms with E-state index in [9.17, 15) is 14.3 Å². The van der Waals surface area contributed by atoms with Crippen molar-refractivity contribution in [2.45, 2.75) is 12.2 Å². The summed E-state index contributed by atoms with van der Waals surface area (Å²) in [4.78, 5) is 12.5. The van der Waals surface area contributed by atoms with Crippen LogP contribution in [0.3, 0.4) is 0 Å². The van der Waals surface area contributed by atoms with Crippen molar-refractivity contribution >= 4 is 22.2 Å². The van der Waals surface area contributed by atoms with Gasteiger partial charge in [0.15, 0.2) is 0 Å². The van der Waals surface area contributed by atoms with E-state index >= 15 is 0 Å². The largest absolute Gasteiger partial charge is 0.371 e. The second-order valence-corrected chi connectivity index (χ2v) is 5.56. The number of rotatable bonds is 4. The van der Waals surface area contributed by atoms with Gasteiger partial charge >= 0.3 is 0 Å². The molecule has 1 aromatic rings. The Morgan fingerprint density at radius 1 is 1.47 bits per heavy atom. The molecule has 5 nitrogen and oxygen atoms in total. The summed E-state index contributed by atoms with van der Waals surface area (Å²) < 4.78 is 11.3. The highest BCUT2D eigenvalue weighted by molar-refractivity contribution is 7.83. The first-order chi connectivity index (χ1) is 8.08. The van der Waals surface area contributed by atoms with Gasteiger partial charge in [0.2, 0.25) is 0 Å². The van der Waals surface area contributed by atoms with E-state index in [0.29, 0.717) is 5.75 Å². The molecule has 1 aromatic carbocycles. The van der Waals surface area contributed by atoms with Crippen molar-refractivity contribution in [3.05, 3.63) is 33.9 Å². The van der Waals surface area contributed by atoms with Crippen molar-refractivity contribution in [1.29, 1.82) is 0 Å². The Bertz CT molecular complexity index is 472. The van der Waals surface area contributed by atoms with Crippen LogP contribution in [-0.2, 0) is 16.6 Å². The summed E-state index contributed by atoms with van der Waals surface area (Å²) in [5.74, 6) is 0.369. The predicted octanol–water partition coefficient (Wildman–Crippen LogP) is 1.68. The number of anilines is 1. The fraction of sp³-hybridized carbons (Fsp3) is 0.455. The quantitative estimate of drug-likeness (QED) is 0.606. The number of non-ortho nitro benzene ring substituents is 1. The third-order valence-electron chi connectivity index (χ3n) is 2.83. The van der Waals surface area contributed by atoms with E-state index < -0.39 is 15.7 Å². The Morgan fingerprint density at radius 3 is 2.65 bits per heavy atom. The number of hydrogen-bond acceptors (Lipinski definition) is 4. The maximum absolute atomic E-state index is 11.3. The molecule has 1 unspecified atom stereocenters. The molecule has 0 spiro atoms. The highest BCUT2D eigenvalue weighted by atomic mass is 32.2. The molecule has 92 valence electrons. The minimum absolute atomic E-state index is 0.0646. The van der Waals surface area contributed by atoms with Crippen LogP contribution in [0.25, 0.3) is 0 Å². The molecule has 1 heterocycles. The average Bonchev–Trinajstić information content (AvgIpc) is 2.16. The Kier molecular flexibility index (Phi) is 3.42. The van der Waals surface area contributed by atoms with Crippen molar-refractivity contribution in [2.24, 2.45) is 0 Å². The topological polar surface area (TPSA) is 63.4 Å². The molecule has 1 aliphatic heterocycles. The first-order valence-corrected chi connectivity index (χ1v) is 7.13. The van der Waals surface area contributed by atoms with Gasteiger partial charge in [0.05, 0.1) is 10.7 Å². The molecule has 17 heavy (non-hydrogen) atoms. The Hall–Kier alpha value is -1.43. The lowest BCUT2D eigenvalue weighted by molar-refractivity contribution is -0.384. The van der Waals surface area contributed by atoms with Crippen LogP contribution in [0.4, 0.5) is 11.4 Å². The zero-order chi connectivity index (χ0) is 12.4. The van der Waals surface area contributed by atoms with E-state index in [4.69, 9.17) is 0 Å². The van der Waals surface area contributed by atoms with Gasteiger partial charge in [-0.15, -0.1) is 0 Å². The van der Waals surface area contributed by atoms with Gasteiger partial charge in [0.25, 0.3) is 5.69 Å². The second kappa shape index (κ2) is 4.83. The molecule has 0 saturated carbocycles. The first kappa shape index (κ1) is 12.0. The number of nitro groups is 1. The number of nitro benzene ring substituents is 1. The fourth-order valence-electron chi connectivity index (χ4n) is 1.89. The molecule has 2 rings (SSSR count). The standard InChI is InChI=1S/C11H14N2O3S/c1-17(16)8-9-7-10(13(14)15)3-4-11(9)12-5-2-6-12/h3-4,7H,2,5-6,8H2,1H3. The molecule has 0 N–H and O–H groups in total. The van der Waals surface area contributed by atoms with E-state index in [2.05, 4.69) is 4.90 Å². The molecule has 6 heteroatoms. The lowest BCUT2D eigenvalue weighted by atomic mass is 10.1. The Balaban J connectivity index is 2.36. The number of nitrogens with zero attached hydrogens (tertiary/aromatic N) is 2. The highest BCUT2D eigenvalue weighted by Gasteiger charge is 2.20. The van der Waals surface area contributed by atoms with Crippen molar-refractivity contribution < 1.29 is 9.13 Å². The summed E-state index contributed by atoms with van der Waals surface area (Å²) in [6.45, 7) is 1.95. The summed E-state index contributed by atoms with van der Waals surface area (Å²) in [6.07, 6.45) is 2.75. The minimum Gasteiger partial charge on any atom is -0.371 e. The van der Waals surface area contributed by atoms with Gasteiger partial charge in [-0.2, -0.15) is 0 Å². The lowest BCUT2D eigenvalue weighted by Crippen LogP contribution is -2.37. The van der Waals surface area contributed by atoms with Crippen LogP contribution in [0.5, 0.6) is 0 Å². The zero-order valence-corrected chi connectivity index (χ0v) is 10.4. The molecule has 1 aliphatic rings. The van der Waals surface area contributed by atoms with E-state index in [0.717, 1.165) is 30.8 Å². The smallest absolute Gasteiger partial charge is 0.269 e. The van der Waals surface area contributed by atoms with Crippen LogP contribution in [0.1, 0.15) is 12.0 Å². The summed E-state index contributed by atoms with van der Waals surface area (Å²) in [6, 6.07) is 4.81. The van der Waals surface area contributed by atoms with E-state index in [1.807, 2.05) is 0 Å². The fourth-order valence-corrected chi connectivity index (χ4v) is 2.55. The van der Waals surface area contributed by atoms with Crippen molar-refractivity contribution in [3.63, 3.8) is 0 Å². The van der Waals surface area contributed by atoms with Gasteiger partial charge in [0, 0.05) is 48.0 Å². The molecule has 0 amide bonds. The molecule has 1 fully saturated rings. The van der Waals surface area contributed by atoms with Crippen LogP contribution in [0.2, 0.25) is 0 Å². The summed E-state index contributed by atoms with van der Waals surface area (Å²) >= 11 is 0. The second-order valence-electron chi connectivity index (χ2n) is 4.13. The monoisotopic (exact) mass is 254 g/mol. The van der Waals surface area contributed by atoms with Crippen LogP contribution in [0.15, 0.2) is 18.2 Å². The SMILES string of the molecule is CS(=O)Cc1cc([N+](=O)[O-])ccc1N1CCC1. The molecule has 0 aliphatic carbocycles. The third kappa shape index (κ3) is 2.63. The van der Waals surface area contributed by atoms with Gasteiger partial charge in [-0.3, -0.25) is 14.3 Å². The summed E-state index contributed by atoms with van der Waals surface area (Å²) in [5, 5.41) is 10.7. The summed E-state index contributed by atoms with van der Waals surface area (Å²) in [5.41, 5.74) is 1.85. The van der Waals surface area contributed by atoms with E-state index in [1.54, 1.807) is 12.3 Å². The van der Waals surface area contributed by atoms with Crippen LogP contribution < -0.4 is 4.90 Å². The maximum Gasteiger partial charge on any atom is 0.269 e. The average molecular weight is 254 g/mol. The Morgan fingerprint density at radius 2 is 2.18 bits per heavy atom. The van der Waals surface area contributed by atoms with E-state index in [1.165, 1.54) is 12.1 Å². The lowest BCUT2D eigenvalue weighted by Gasteiger charge is -2.34. The first-order valence-electron chi connectivity index (χ1n) is 5.40.